The minimum Gasteiger partial charge on any atom is -0.324 e. The molecular weight excluding hydrogens is 380 g/mol. The number of carbonyl (C=O) groups is 2. The van der Waals surface area contributed by atoms with Crippen molar-refractivity contribution in [3.05, 3.63) is 76.2 Å². The Morgan fingerprint density at radius 3 is 2.60 bits per heavy atom. The van der Waals surface area contributed by atoms with E-state index in [0.29, 0.717) is 29.0 Å². The molecule has 0 radical (unpaired) electrons. The number of nitrogens with one attached hydrogen (secondary N) is 1. The van der Waals surface area contributed by atoms with Gasteiger partial charge in [-0.25, -0.2) is 4.52 Å². The molecule has 7 nitrogen and oxygen atoms in total. The number of aromatic nitrogens is 3. The molecule has 2 aromatic carbocycles. The molecule has 152 valence electrons. The van der Waals surface area contributed by atoms with Gasteiger partial charge < -0.3 is 5.32 Å². The first kappa shape index (κ1) is 19.6. The zero-order valence-electron chi connectivity index (χ0n) is 17.0. The minimum atomic E-state index is -0.545. The van der Waals surface area contributed by atoms with Gasteiger partial charge in [0.25, 0.3) is 5.56 Å². The molecule has 2 aromatic heterocycles. The Morgan fingerprint density at radius 1 is 1.10 bits per heavy atom. The average molecular weight is 402 g/mol. The third-order valence-corrected chi connectivity index (χ3v) is 5.21. The first-order valence-electron chi connectivity index (χ1n) is 9.82. The Hall–Kier alpha value is -3.74. The van der Waals surface area contributed by atoms with Crippen molar-refractivity contribution in [2.45, 2.75) is 33.2 Å². The molecule has 4 aromatic rings. The van der Waals surface area contributed by atoms with Crippen molar-refractivity contribution in [1.82, 2.24) is 14.2 Å². The highest BCUT2D eigenvalue weighted by atomic mass is 16.2. The fourth-order valence-corrected chi connectivity index (χ4v) is 3.83. The van der Waals surface area contributed by atoms with Crippen molar-refractivity contribution in [1.29, 1.82) is 0 Å². The van der Waals surface area contributed by atoms with E-state index in [4.69, 9.17) is 0 Å². The fraction of sp³-hybridized carbons (Fsp3) is 0.217. The summed E-state index contributed by atoms with van der Waals surface area (Å²) in [4.78, 5) is 41.2. The van der Waals surface area contributed by atoms with Crippen LogP contribution in [0.5, 0.6) is 0 Å². The van der Waals surface area contributed by atoms with Crippen LogP contribution < -0.4 is 10.9 Å². The van der Waals surface area contributed by atoms with Crippen molar-refractivity contribution >= 4 is 33.9 Å². The van der Waals surface area contributed by atoms with Crippen LogP contribution in [0.2, 0.25) is 0 Å². The van der Waals surface area contributed by atoms with Crippen molar-refractivity contribution < 1.29 is 9.59 Å². The number of Topliss-reactive ketones (excluding diaryl/α,β-unsaturated/α-hetero) is 1. The number of fused-ring (bicyclic) bond motifs is 3. The molecule has 1 atom stereocenters. The third kappa shape index (κ3) is 3.28. The highest BCUT2D eigenvalue weighted by molar-refractivity contribution is 5.99. The molecule has 1 amide bonds. The summed E-state index contributed by atoms with van der Waals surface area (Å²) in [5.74, 6) is -0.273. The first-order valence-corrected chi connectivity index (χ1v) is 9.82. The fourth-order valence-electron chi connectivity index (χ4n) is 3.83. The Kier molecular flexibility index (Phi) is 4.95. The highest BCUT2D eigenvalue weighted by Crippen LogP contribution is 2.27. The number of amides is 1. The molecule has 0 aliphatic rings. The lowest BCUT2D eigenvalue weighted by Crippen LogP contribution is -2.29. The maximum absolute atomic E-state index is 13.3. The summed E-state index contributed by atoms with van der Waals surface area (Å²) in [6.07, 6.45) is 0.525. The number of benzene rings is 2. The van der Waals surface area contributed by atoms with E-state index in [9.17, 15) is 14.4 Å². The summed E-state index contributed by atoms with van der Waals surface area (Å²) in [5, 5.41) is 3.74. The topological polar surface area (TPSA) is 85.5 Å². The SMILES string of the molecule is CC[C@@H](C(=O)Nc1cccc(C(C)=O)c1)n1c2ccccc2c2nc(=O)cc(C)n21. The quantitative estimate of drug-likeness (QED) is 0.515. The summed E-state index contributed by atoms with van der Waals surface area (Å²) in [6.45, 7) is 5.25. The van der Waals surface area contributed by atoms with Crippen molar-refractivity contribution in [2.75, 3.05) is 5.32 Å². The monoisotopic (exact) mass is 402 g/mol. The van der Waals surface area contributed by atoms with E-state index in [2.05, 4.69) is 10.3 Å². The van der Waals surface area contributed by atoms with Crippen LogP contribution in [0, 0.1) is 6.92 Å². The second-order valence-corrected chi connectivity index (χ2v) is 7.28. The average Bonchev–Trinajstić information content (AvgIpc) is 3.03. The van der Waals surface area contributed by atoms with Gasteiger partial charge in [-0.3, -0.25) is 19.1 Å². The number of aryl methyl sites for hydroxylation is 1. The second kappa shape index (κ2) is 7.59. The number of ketones is 1. The van der Waals surface area contributed by atoms with Crippen LogP contribution in [0.25, 0.3) is 16.6 Å². The highest BCUT2D eigenvalue weighted by Gasteiger charge is 2.25. The van der Waals surface area contributed by atoms with Gasteiger partial charge in [-0.2, -0.15) is 4.98 Å². The third-order valence-electron chi connectivity index (χ3n) is 5.21. The molecule has 30 heavy (non-hydrogen) atoms. The Labute approximate surface area is 172 Å². The molecule has 0 saturated carbocycles. The molecule has 0 unspecified atom stereocenters. The van der Waals surface area contributed by atoms with Crippen LogP contribution >= 0.6 is 0 Å². The van der Waals surface area contributed by atoms with Gasteiger partial charge >= 0.3 is 0 Å². The number of hydrogen-bond donors (Lipinski definition) is 1. The van der Waals surface area contributed by atoms with Crippen LogP contribution in [0.3, 0.4) is 0 Å². The summed E-state index contributed by atoms with van der Waals surface area (Å²) in [6, 6.07) is 15.4. The predicted octanol–water partition coefficient (Wildman–Crippen LogP) is 3.75. The predicted molar refractivity (Wildman–Crippen MR) is 116 cm³/mol. The first-order chi connectivity index (χ1) is 14.4. The molecule has 2 heterocycles. The Balaban J connectivity index is 1.85. The van der Waals surface area contributed by atoms with Gasteiger partial charge in [0.2, 0.25) is 5.91 Å². The molecule has 0 aliphatic carbocycles. The number of anilines is 1. The van der Waals surface area contributed by atoms with Gasteiger partial charge in [0.1, 0.15) is 6.04 Å². The number of nitrogens with zero attached hydrogens (tertiary/aromatic N) is 3. The van der Waals surface area contributed by atoms with E-state index >= 15 is 0 Å². The van der Waals surface area contributed by atoms with Gasteiger partial charge in [0, 0.05) is 28.4 Å². The minimum absolute atomic E-state index is 0.0637. The van der Waals surface area contributed by atoms with Gasteiger partial charge in [-0.05, 0) is 44.5 Å². The molecule has 1 N–H and O–H groups in total. The molecule has 0 fully saturated rings. The molecule has 0 bridgehead atoms. The van der Waals surface area contributed by atoms with Crippen molar-refractivity contribution in [3.63, 3.8) is 0 Å². The zero-order chi connectivity index (χ0) is 21.4. The summed E-state index contributed by atoms with van der Waals surface area (Å²) in [5.41, 5.74) is 2.84. The lowest BCUT2D eigenvalue weighted by molar-refractivity contribution is -0.119. The molecule has 0 saturated heterocycles. The van der Waals surface area contributed by atoms with Crippen LogP contribution in [0.1, 0.15) is 42.4 Å². The maximum atomic E-state index is 13.3. The van der Waals surface area contributed by atoms with Crippen molar-refractivity contribution in [3.8, 4) is 0 Å². The number of carbonyl (C=O) groups excluding carboxylic acids is 2. The van der Waals surface area contributed by atoms with E-state index in [0.717, 1.165) is 10.9 Å². The van der Waals surface area contributed by atoms with Gasteiger partial charge in [-0.1, -0.05) is 31.2 Å². The van der Waals surface area contributed by atoms with Crippen molar-refractivity contribution in [2.24, 2.45) is 0 Å². The Morgan fingerprint density at radius 2 is 1.87 bits per heavy atom. The molecule has 4 rings (SSSR count). The molecule has 0 aliphatic heterocycles. The molecule has 0 spiro atoms. The lowest BCUT2D eigenvalue weighted by Gasteiger charge is -2.20. The second-order valence-electron chi connectivity index (χ2n) is 7.28. The smallest absolute Gasteiger partial charge is 0.273 e. The summed E-state index contributed by atoms with van der Waals surface area (Å²) >= 11 is 0. The number of rotatable bonds is 5. The van der Waals surface area contributed by atoms with Gasteiger partial charge in [0.15, 0.2) is 11.4 Å². The van der Waals surface area contributed by atoms with Gasteiger partial charge in [0.05, 0.1) is 5.52 Å². The largest absolute Gasteiger partial charge is 0.324 e. The van der Waals surface area contributed by atoms with E-state index < -0.39 is 6.04 Å². The van der Waals surface area contributed by atoms with E-state index in [-0.39, 0.29) is 17.2 Å². The molecule has 7 heteroatoms. The lowest BCUT2D eigenvalue weighted by atomic mass is 10.1. The molecular formula is C23H22N4O3. The van der Waals surface area contributed by atoms with E-state index in [1.54, 1.807) is 24.3 Å². The van der Waals surface area contributed by atoms with Crippen LogP contribution in [0.15, 0.2) is 59.4 Å². The maximum Gasteiger partial charge on any atom is 0.273 e. The number of para-hydroxylation sites is 1. The standard InChI is InChI=1S/C23H22N4O3/c1-4-19(23(30)24-17-9-7-8-16(13-17)15(3)28)27-20-11-6-5-10-18(20)22-25-21(29)12-14(2)26(22)27/h5-13,19H,4H2,1-3H3,(H,24,30)/t19-/m0/s1. The number of hydrogen-bond acceptors (Lipinski definition) is 4. The normalized spacial score (nSPS) is 12.2. The summed E-state index contributed by atoms with van der Waals surface area (Å²) in [7, 11) is 0. The van der Waals surface area contributed by atoms with Crippen LogP contribution in [0.4, 0.5) is 5.69 Å². The van der Waals surface area contributed by atoms with Crippen LogP contribution in [-0.4, -0.2) is 25.9 Å². The Bertz CT molecular complexity index is 1350. The van der Waals surface area contributed by atoms with E-state index in [1.807, 2.05) is 47.3 Å². The van der Waals surface area contributed by atoms with Crippen LogP contribution in [-0.2, 0) is 4.79 Å². The zero-order valence-corrected chi connectivity index (χ0v) is 17.0. The van der Waals surface area contributed by atoms with Gasteiger partial charge in [-0.15, -0.1) is 0 Å². The summed E-state index contributed by atoms with van der Waals surface area (Å²) < 4.78 is 3.71. The van der Waals surface area contributed by atoms with E-state index in [1.165, 1.54) is 13.0 Å².